The summed E-state index contributed by atoms with van der Waals surface area (Å²) in [6, 6.07) is 18.5. The molecule has 0 saturated carbocycles. The summed E-state index contributed by atoms with van der Waals surface area (Å²) in [7, 11) is 3.05. The predicted octanol–water partition coefficient (Wildman–Crippen LogP) is 3.50. The molecule has 8 heteroatoms. The van der Waals surface area contributed by atoms with Crippen LogP contribution in [0.15, 0.2) is 59.4 Å². The monoisotopic (exact) mass is 454 g/mol. The van der Waals surface area contributed by atoms with Crippen molar-refractivity contribution < 1.29 is 14.2 Å². The lowest BCUT2D eigenvalue weighted by atomic mass is 10.00. The van der Waals surface area contributed by atoms with Crippen LogP contribution >= 0.6 is 0 Å². The molecule has 0 spiro atoms. The molecule has 1 aliphatic heterocycles. The number of fused-ring (bicyclic) bond motifs is 1. The summed E-state index contributed by atoms with van der Waals surface area (Å²) < 4.78 is 16.9. The van der Waals surface area contributed by atoms with Gasteiger partial charge in [-0.15, -0.1) is 0 Å². The van der Waals surface area contributed by atoms with Crippen LogP contribution < -0.4 is 25.1 Å². The molecule has 5 rings (SSSR count). The van der Waals surface area contributed by atoms with Gasteiger partial charge in [0.2, 0.25) is 0 Å². The van der Waals surface area contributed by atoms with E-state index in [9.17, 15) is 4.79 Å². The molecule has 0 radical (unpaired) electrons. The van der Waals surface area contributed by atoms with Gasteiger partial charge < -0.3 is 24.5 Å². The quantitative estimate of drug-likeness (QED) is 0.459. The Balaban J connectivity index is 1.64. The Kier molecular flexibility index (Phi) is 5.62. The number of ether oxygens (including phenoxy) is 3. The van der Waals surface area contributed by atoms with E-state index in [0.29, 0.717) is 33.8 Å². The summed E-state index contributed by atoms with van der Waals surface area (Å²) in [6.45, 7) is 1.58. The van der Waals surface area contributed by atoms with Gasteiger partial charge in [-0.1, -0.05) is 12.1 Å². The molecule has 0 unspecified atom stereocenters. The Morgan fingerprint density at radius 1 is 0.971 bits per heavy atom. The zero-order chi connectivity index (χ0) is 23.7. The van der Waals surface area contributed by atoms with Crippen molar-refractivity contribution in [3.05, 3.63) is 70.5 Å². The first kappa shape index (κ1) is 21.5. The fourth-order valence-electron chi connectivity index (χ4n) is 3.88. The number of aromatic amines is 1. The molecule has 8 nitrogen and oxygen atoms in total. The minimum Gasteiger partial charge on any atom is -0.497 e. The minimum atomic E-state index is -0.305. The van der Waals surface area contributed by atoms with Crippen LogP contribution in [-0.4, -0.2) is 43.4 Å². The van der Waals surface area contributed by atoms with Crippen LogP contribution in [0.4, 0.5) is 0 Å². The topological polar surface area (TPSA) is 109 Å². The molecule has 0 amide bonds. The zero-order valence-electron chi connectivity index (χ0n) is 18.7. The van der Waals surface area contributed by atoms with Crippen LogP contribution in [0.2, 0.25) is 0 Å². The average molecular weight is 454 g/mol. The highest BCUT2D eigenvalue weighted by Gasteiger charge is 2.21. The zero-order valence-corrected chi connectivity index (χ0v) is 18.7. The maximum Gasteiger partial charge on any atom is 0.262 e. The summed E-state index contributed by atoms with van der Waals surface area (Å²) in [6.07, 6.45) is 0.0986. The molecule has 1 aromatic heterocycles. The van der Waals surface area contributed by atoms with Crippen molar-refractivity contribution in [2.75, 3.05) is 27.3 Å². The fourth-order valence-corrected chi connectivity index (χ4v) is 3.88. The molecular formula is C26H22N4O4. The van der Waals surface area contributed by atoms with E-state index in [1.807, 2.05) is 30.3 Å². The number of nitrogens with zero attached hydrogens (tertiary/aromatic N) is 2. The molecule has 4 aromatic rings. The van der Waals surface area contributed by atoms with Gasteiger partial charge in [-0.25, -0.2) is 4.98 Å². The maximum absolute atomic E-state index is 13.0. The predicted molar refractivity (Wildman–Crippen MR) is 128 cm³/mol. The van der Waals surface area contributed by atoms with E-state index in [4.69, 9.17) is 24.5 Å². The summed E-state index contributed by atoms with van der Waals surface area (Å²) >= 11 is 0. The maximum atomic E-state index is 13.0. The van der Waals surface area contributed by atoms with Crippen molar-refractivity contribution >= 4 is 10.9 Å². The molecule has 0 bridgehead atoms. The lowest BCUT2D eigenvalue weighted by Crippen LogP contribution is -2.50. The fraction of sp³-hybridized carbons (Fsp3) is 0.192. The molecular weight excluding hydrogens is 432 g/mol. The van der Waals surface area contributed by atoms with Crippen molar-refractivity contribution in [1.29, 1.82) is 5.26 Å². The van der Waals surface area contributed by atoms with Gasteiger partial charge in [0.1, 0.15) is 34.6 Å². The van der Waals surface area contributed by atoms with Crippen molar-refractivity contribution in [3.8, 4) is 45.8 Å². The van der Waals surface area contributed by atoms with E-state index in [0.717, 1.165) is 35.5 Å². The van der Waals surface area contributed by atoms with Crippen molar-refractivity contribution in [1.82, 2.24) is 15.3 Å². The van der Waals surface area contributed by atoms with Gasteiger partial charge >= 0.3 is 0 Å². The Morgan fingerprint density at radius 3 is 2.38 bits per heavy atom. The van der Waals surface area contributed by atoms with E-state index in [1.165, 1.54) is 7.11 Å². The van der Waals surface area contributed by atoms with Gasteiger partial charge in [0.05, 0.1) is 31.4 Å². The lowest BCUT2D eigenvalue weighted by molar-refractivity contribution is 0.143. The molecule has 34 heavy (non-hydrogen) atoms. The number of nitrogens with one attached hydrogen (secondary N) is 2. The van der Waals surface area contributed by atoms with Crippen LogP contribution in [0, 0.1) is 11.3 Å². The third-order valence-electron chi connectivity index (χ3n) is 5.82. The van der Waals surface area contributed by atoms with Crippen LogP contribution in [0.3, 0.4) is 0 Å². The normalized spacial score (nSPS) is 13.2. The van der Waals surface area contributed by atoms with Gasteiger partial charge in [-0.2, -0.15) is 5.26 Å². The van der Waals surface area contributed by atoms with Crippen molar-refractivity contribution in [3.63, 3.8) is 0 Å². The smallest absolute Gasteiger partial charge is 0.262 e. The SMILES string of the molecule is COc1cc(OC)c2c(=O)[nH]c(-c3ccc(OC4CNC4)c(-c4ccc(C#N)cc4)c3)nc2c1. The highest BCUT2D eigenvalue weighted by atomic mass is 16.5. The number of nitriles is 1. The second kappa shape index (κ2) is 8.89. The van der Waals surface area contributed by atoms with Crippen LogP contribution in [-0.2, 0) is 0 Å². The van der Waals surface area contributed by atoms with E-state index in [-0.39, 0.29) is 11.7 Å². The number of benzene rings is 3. The third-order valence-corrected chi connectivity index (χ3v) is 5.82. The van der Waals surface area contributed by atoms with Gasteiger partial charge in [0, 0.05) is 36.3 Å². The number of hydrogen-bond donors (Lipinski definition) is 2. The van der Waals surface area contributed by atoms with Gasteiger partial charge in [0.25, 0.3) is 5.56 Å². The molecule has 170 valence electrons. The second-order valence-electron chi connectivity index (χ2n) is 7.94. The first-order valence-corrected chi connectivity index (χ1v) is 10.8. The highest BCUT2D eigenvalue weighted by Crippen LogP contribution is 2.35. The van der Waals surface area contributed by atoms with Crippen molar-refractivity contribution in [2.45, 2.75) is 6.10 Å². The number of rotatable bonds is 6. The van der Waals surface area contributed by atoms with Crippen LogP contribution in [0.25, 0.3) is 33.4 Å². The standard InChI is InChI=1S/C26H22N4O4/c1-32-18-10-21-24(23(11-18)33-2)26(31)30-25(29-21)17-7-8-22(34-19-13-28-14-19)20(9-17)16-5-3-15(12-27)4-6-16/h3-11,19,28H,13-14H2,1-2H3,(H,29,30,31). The van der Waals surface area contributed by atoms with Crippen LogP contribution in [0.5, 0.6) is 17.2 Å². The Labute approximate surface area is 195 Å². The molecule has 2 N–H and O–H groups in total. The van der Waals surface area contributed by atoms with Gasteiger partial charge in [-0.3, -0.25) is 4.79 Å². The Morgan fingerprint density at radius 2 is 1.74 bits per heavy atom. The second-order valence-corrected chi connectivity index (χ2v) is 7.94. The van der Waals surface area contributed by atoms with Gasteiger partial charge in [-0.05, 0) is 35.9 Å². The van der Waals surface area contributed by atoms with E-state index < -0.39 is 0 Å². The van der Waals surface area contributed by atoms with Crippen molar-refractivity contribution in [2.24, 2.45) is 0 Å². The highest BCUT2D eigenvalue weighted by molar-refractivity contribution is 5.87. The number of hydrogen-bond acceptors (Lipinski definition) is 7. The Hall–Kier alpha value is -4.35. The minimum absolute atomic E-state index is 0.0986. The number of aromatic nitrogens is 2. The molecule has 1 aliphatic rings. The van der Waals surface area contributed by atoms with Gasteiger partial charge in [0.15, 0.2) is 0 Å². The first-order chi connectivity index (χ1) is 16.6. The number of methoxy groups -OCH3 is 2. The van der Waals surface area contributed by atoms with E-state index in [2.05, 4.69) is 16.4 Å². The Bertz CT molecular complexity index is 1470. The molecule has 1 saturated heterocycles. The van der Waals surface area contributed by atoms with E-state index in [1.54, 1.807) is 31.4 Å². The molecule has 3 aromatic carbocycles. The molecule has 2 heterocycles. The summed E-state index contributed by atoms with van der Waals surface area (Å²) in [5, 5.41) is 12.7. The molecule has 0 atom stereocenters. The summed E-state index contributed by atoms with van der Waals surface area (Å²) in [5.41, 5.74) is 3.21. The average Bonchev–Trinajstić information content (AvgIpc) is 2.85. The number of H-pyrrole nitrogens is 1. The van der Waals surface area contributed by atoms with E-state index >= 15 is 0 Å². The third kappa shape index (κ3) is 3.93. The molecule has 0 aliphatic carbocycles. The first-order valence-electron chi connectivity index (χ1n) is 10.8. The summed E-state index contributed by atoms with van der Waals surface area (Å²) in [5.74, 6) is 2.08. The largest absolute Gasteiger partial charge is 0.497 e. The lowest BCUT2D eigenvalue weighted by Gasteiger charge is -2.29. The van der Waals surface area contributed by atoms with Crippen LogP contribution in [0.1, 0.15) is 5.56 Å². The molecule has 1 fully saturated rings. The summed E-state index contributed by atoms with van der Waals surface area (Å²) in [4.78, 5) is 20.5.